The Kier molecular flexibility index (Phi) is 3.24. The van der Waals surface area contributed by atoms with Crippen LogP contribution in [0.4, 0.5) is 5.69 Å². The average Bonchev–Trinajstić information content (AvgIpc) is 2.11. The van der Waals surface area contributed by atoms with Gasteiger partial charge in [-0.2, -0.15) is 0 Å². The van der Waals surface area contributed by atoms with E-state index in [-0.39, 0.29) is 0 Å². The van der Waals surface area contributed by atoms with Gasteiger partial charge in [0.1, 0.15) is 0 Å². The van der Waals surface area contributed by atoms with Crippen molar-refractivity contribution in [3.05, 3.63) is 28.8 Å². The van der Waals surface area contributed by atoms with Crippen molar-refractivity contribution in [2.45, 2.75) is 33.6 Å². The second kappa shape index (κ2) is 4.22. The van der Waals surface area contributed by atoms with Crippen LogP contribution in [0.25, 0.3) is 0 Å². The summed E-state index contributed by atoms with van der Waals surface area (Å²) in [6.45, 7) is 10.0. The number of aryl methyl sites for hydroxylation is 3. The minimum Gasteiger partial charge on any atom is -0.264 e. The number of benzene rings is 1. The summed E-state index contributed by atoms with van der Waals surface area (Å²) in [5, 5.41) is 0. The first-order chi connectivity index (χ1) is 6.19. The number of hydrogen-bond donors (Lipinski definition) is 0. The number of aliphatic imine (C=N–C) groups is 1. The fourth-order valence-electron chi connectivity index (χ4n) is 1.48. The van der Waals surface area contributed by atoms with Gasteiger partial charge in [0.2, 0.25) is 0 Å². The molecule has 0 atom stereocenters. The maximum atomic E-state index is 4.04. The van der Waals surface area contributed by atoms with Crippen LogP contribution in [-0.2, 0) is 6.42 Å². The maximum Gasteiger partial charge on any atom is 0.0657 e. The van der Waals surface area contributed by atoms with E-state index in [0.29, 0.717) is 0 Å². The Bertz CT molecular complexity index is 313. The van der Waals surface area contributed by atoms with Crippen LogP contribution in [0.3, 0.4) is 0 Å². The lowest BCUT2D eigenvalue weighted by molar-refractivity contribution is 0.919. The fourth-order valence-corrected chi connectivity index (χ4v) is 1.48. The van der Waals surface area contributed by atoms with Crippen molar-refractivity contribution < 1.29 is 0 Å². The zero-order valence-corrected chi connectivity index (χ0v) is 8.72. The second-order valence-corrected chi connectivity index (χ2v) is 3.47. The molecule has 1 nitrogen and oxygen atoms in total. The summed E-state index contributed by atoms with van der Waals surface area (Å²) in [6, 6.07) is 4.34. The molecule has 1 aromatic rings. The molecular weight excluding hydrogens is 158 g/mol. The first-order valence-electron chi connectivity index (χ1n) is 4.76. The molecule has 0 bridgehead atoms. The predicted molar refractivity (Wildman–Crippen MR) is 59.1 cm³/mol. The summed E-state index contributed by atoms with van der Waals surface area (Å²) in [5.41, 5.74) is 5.00. The quantitative estimate of drug-likeness (QED) is 0.622. The SMILES string of the molecule is C=Nc1cc(C)c(C)cc1CCC. The summed E-state index contributed by atoms with van der Waals surface area (Å²) in [7, 11) is 0. The van der Waals surface area contributed by atoms with E-state index in [0.717, 1.165) is 18.5 Å². The molecular formula is C12H17N. The Morgan fingerprint density at radius 1 is 1.23 bits per heavy atom. The van der Waals surface area contributed by atoms with Gasteiger partial charge in [0.15, 0.2) is 0 Å². The van der Waals surface area contributed by atoms with Crippen LogP contribution in [-0.4, -0.2) is 6.72 Å². The number of nitrogens with zero attached hydrogens (tertiary/aromatic N) is 1. The molecule has 70 valence electrons. The Morgan fingerprint density at radius 3 is 2.38 bits per heavy atom. The Hall–Kier alpha value is -1.11. The van der Waals surface area contributed by atoms with E-state index in [1.807, 2.05) is 0 Å². The highest BCUT2D eigenvalue weighted by atomic mass is 14.7. The molecule has 0 saturated heterocycles. The molecule has 0 aromatic heterocycles. The lowest BCUT2D eigenvalue weighted by Gasteiger charge is -2.08. The predicted octanol–water partition coefficient (Wildman–Crippen LogP) is 3.59. The van der Waals surface area contributed by atoms with Crippen LogP contribution in [0, 0.1) is 13.8 Å². The third-order valence-corrected chi connectivity index (χ3v) is 2.38. The van der Waals surface area contributed by atoms with Gasteiger partial charge in [-0.25, -0.2) is 0 Å². The molecule has 0 radical (unpaired) electrons. The van der Waals surface area contributed by atoms with Gasteiger partial charge in [0.05, 0.1) is 5.69 Å². The van der Waals surface area contributed by atoms with E-state index in [2.05, 4.69) is 44.6 Å². The minimum atomic E-state index is 1.05. The molecule has 13 heavy (non-hydrogen) atoms. The molecule has 0 saturated carbocycles. The molecule has 1 heteroatoms. The van der Waals surface area contributed by atoms with Crippen LogP contribution in [0.1, 0.15) is 30.0 Å². The highest BCUT2D eigenvalue weighted by Gasteiger charge is 2.02. The number of rotatable bonds is 3. The van der Waals surface area contributed by atoms with Crippen LogP contribution in [0.5, 0.6) is 0 Å². The van der Waals surface area contributed by atoms with E-state index in [1.165, 1.54) is 16.7 Å². The van der Waals surface area contributed by atoms with Gasteiger partial charge in [-0.1, -0.05) is 19.4 Å². The molecule has 0 spiro atoms. The second-order valence-electron chi connectivity index (χ2n) is 3.47. The molecule has 0 amide bonds. The molecule has 1 aromatic carbocycles. The zero-order chi connectivity index (χ0) is 9.84. The maximum absolute atomic E-state index is 4.04. The van der Waals surface area contributed by atoms with Crippen molar-refractivity contribution in [1.82, 2.24) is 0 Å². The normalized spacial score (nSPS) is 10.1. The molecule has 0 aliphatic heterocycles. The first-order valence-corrected chi connectivity index (χ1v) is 4.76. The van der Waals surface area contributed by atoms with E-state index in [4.69, 9.17) is 0 Å². The van der Waals surface area contributed by atoms with Crippen LogP contribution in [0.2, 0.25) is 0 Å². The summed E-state index contributed by atoms with van der Waals surface area (Å²) in [5.74, 6) is 0. The summed E-state index contributed by atoms with van der Waals surface area (Å²) in [4.78, 5) is 4.04. The van der Waals surface area contributed by atoms with Crippen molar-refractivity contribution in [2.75, 3.05) is 0 Å². The standard InChI is InChI=1S/C12H17N/c1-5-6-11-7-9(2)10(3)8-12(11)13-4/h7-8H,4-6H2,1-3H3. The van der Waals surface area contributed by atoms with Crippen LogP contribution >= 0.6 is 0 Å². The average molecular weight is 175 g/mol. The molecule has 1 rings (SSSR count). The van der Waals surface area contributed by atoms with Gasteiger partial charge in [-0.15, -0.1) is 0 Å². The van der Waals surface area contributed by atoms with Crippen molar-refractivity contribution >= 4 is 12.4 Å². The van der Waals surface area contributed by atoms with Crippen LogP contribution in [0.15, 0.2) is 17.1 Å². The lowest BCUT2D eigenvalue weighted by atomic mass is 10.0. The number of hydrogen-bond acceptors (Lipinski definition) is 1. The van der Waals surface area contributed by atoms with Gasteiger partial charge in [0, 0.05) is 0 Å². The van der Waals surface area contributed by atoms with E-state index < -0.39 is 0 Å². The molecule has 0 aliphatic carbocycles. The van der Waals surface area contributed by atoms with Crippen molar-refractivity contribution in [3.63, 3.8) is 0 Å². The largest absolute Gasteiger partial charge is 0.264 e. The minimum absolute atomic E-state index is 1.05. The topological polar surface area (TPSA) is 12.4 Å². The summed E-state index contributed by atoms with van der Waals surface area (Å²) in [6.07, 6.45) is 2.25. The van der Waals surface area contributed by atoms with Gasteiger partial charge >= 0.3 is 0 Å². The highest BCUT2D eigenvalue weighted by Crippen LogP contribution is 2.24. The van der Waals surface area contributed by atoms with Gasteiger partial charge in [-0.3, -0.25) is 4.99 Å². The van der Waals surface area contributed by atoms with E-state index in [1.54, 1.807) is 0 Å². The molecule has 0 fully saturated rings. The molecule has 0 aliphatic rings. The third kappa shape index (κ3) is 2.18. The van der Waals surface area contributed by atoms with Crippen LogP contribution < -0.4 is 0 Å². The Balaban J connectivity index is 3.16. The highest BCUT2D eigenvalue weighted by molar-refractivity contribution is 5.55. The van der Waals surface area contributed by atoms with E-state index >= 15 is 0 Å². The smallest absolute Gasteiger partial charge is 0.0657 e. The van der Waals surface area contributed by atoms with Crippen molar-refractivity contribution in [3.8, 4) is 0 Å². The third-order valence-electron chi connectivity index (χ3n) is 2.38. The Morgan fingerprint density at radius 2 is 1.85 bits per heavy atom. The van der Waals surface area contributed by atoms with Gasteiger partial charge in [0.25, 0.3) is 0 Å². The fraction of sp³-hybridized carbons (Fsp3) is 0.417. The monoisotopic (exact) mass is 175 g/mol. The molecule has 0 N–H and O–H groups in total. The van der Waals surface area contributed by atoms with Gasteiger partial charge in [-0.05, 0) is 49.7 Å². The van der Waals surface area contributed by atoms with E-state index in [9.17, 15) is 0 Å². The van der Waals surface area contributed by atoms with Crippen molar-refractivity contribution in [1.29, 1.82) is 0 Å². The summed E-state index contributed by atoms with van der Waals surface area (Å²) >= 11 is 0. The van der Waals surface area contributed by atoms with Gasteiger partial charge < -0.3 is 0 Å². The first kappa shape index (κ1) is 9.97. The zero-order valence-electron chi connectivity index (χ0n) is 8.72. The van der Waals surface area contributed by atoms with Crippen molar-refractivity contribution in [2.24, 2.45) is 4.99 Å². The molecule has 0 heterocycles. The summed E-state index contributed by atoms with van der Waals surface area (Å²) < 4.78 is 0. The molecule has 0 unspecified atom stereocenters. The Labute approximate surface area is 80.5 Å². The lowest BCUT2D eigenvalue weighted by Crippen LogP contribution is -1.88.